The SMILES string of the molecule is CCCN1CCc2[nH]ccc2[C@@H]1C. The summed E-state index contributed by atoms with van der Waals surface area (Å²) >= 11 is 0. The molecule has 0 aromatic carbocycles. The van der Waals surface area contributed by atoms with Crippen molar-refractivity contribution in [2.45, 2.75) is 32.7 Å². The zero-order valence-corrected chi connectivity index (χ0v) is 8.51. The molecule has 1 aliphatic rings. The predicted molar refractivity (Wildman–Crippen MR) is 54.8 cm³/mol. The van der Waals surface area contributed by atoms with Gasteiger partial charge in [-0.2, -0.15) is 0 Å². The van der Waals surface area contributed by atoms with Gasteiger partial charge >= 0.3 is 0 Å². The minimum Gasteiger partial charge on any atom is -0.365 e. The van der Waals surface area contributed by atoms with E-state index in [0.717, 1.165) is 0 Å². The molecular weight excluding hydrogens is 160 g/mol. The van der Waals surface area contributed by atoms with Gasteiger partial charge in [0.1, 0.15) is 0 Å². The first-order valence-corrected chi connectivity index (χ1v) is 5.23. The summed E-state index contributed by atoms with van der Waals surface area (Å²) in [6.07, 6.45) is 4.51. The van der Waals surface area contributed by atoms with Gasteiger partial charge in [-0.3, -0.25) is 4.90 Å². The average Bonchev–Trinajstić information content (AvgIpc) is 2.58. The van der Waals surface area contributed by atoms with Gasteiger partial charge in [0.15, 0.2) is 0 Å². The van der Waals surface area contributed by atoms with Crippen molar-refractivity contribution in [3.8, 4) is 0 Å². The lowest BCUT2D eigenvalue weighted by molar-refractivity contribution is 0.198. The predicted octanol–water partition coefficient (Wildman–Crippen LogP) is 2.34. The lowest BCUT2D eigenvalue weighted by Crippen LogP contribution is -2.34. The second-order valence-electron chi connectivity index (χ2n) is 3.87. The monoisotopic (exact) mass is 178 g/mol. The lowest BCUT2D eigenvalue weighted by atomic mass is 10.0. The number of nitrogens with one attached hydrogen (secondary N) is 1. The maximum absolute atomic E-state index is 3.32. The van der Waals surface area contributed by atoms with Gasteiger partial charge in [-0.15, -0.1) is 0 Å². The summed E-state index contributed by atoms with van der Waals surface area (Å²) in [6, 6.07) is 2.83. The Bertz CT molecular complexity index is 277. The summed E-state index contributed by atoms with van der Waals surface area (Å²) in [5.41, 5.74) is 2.94. The average molecular weight is 178 g/mol. The Labute approximate surface area is 79.9 Å². The molecular formula is C11H18N2. The summed E-state index contributed by atoms with van der Waals surface area (Å²) in [7, 11) is 0. The number of rotatable bonds is 2. The van der Waals surface area contributed by atoms with Crippen LogP contribution in [0.4, 0.5) is 0 Å². The van der Waals surface area contributed by atoms with E-state index in [1.54, 1.807) is 0 Å². The molecule has 1 aromatic heterocycles. The van der Waals surface area contributed by atoms with Crippen LogP contribution in [0.25, 0.3) is 0 Å². The highest BCUT2D eigenvalue weighted by Crippen LogP contribution is 2.28. The van der Waals surface area contributed by atoms with Crippen molar-refractivity contribution in [3.63, 3.8) is 0 Å². The smallest absolute Gasteiger partial charge is 0.0337 e. The summed E-state index contributed by atoms with van der Waals surface area (Å²) < 4.78 is 0. The van der Waals surface area contributed by atoms with E-state index in [1.807, 2.05) is 0 Å². The summed E-state index contributed by atoms with van der Waals surface area (Å²) in [6.45, 7) is 7.00. The van der Waals surface area contributed by atoms with Crippen molar-refractivity contribution in [3.05, 3.63) is 23.5 Å². The molecule has 1 aromatic rings. The van der Waals surface area contributed by atoms with Gasteiger partial charge in [-0.1, -0.05) is 6.92 Å². The fraction of sp³-hybridized carbons (Fsp3) is 0.636. The molecule has 0 unspecified atom stereocenters. The topological polar surface area (TPSA) is 19.0 Å². The van der Waals surface area contributed by atoms with Crippen LogP contribution in [0.15, 0.2) is 12.3 Å². The third-order valence-corrected chi connectivity index (χ3v) is 3.03. The number of H-pyrrole nitrogens is 1. The van der Waals surface area contributed by atoms with Crippen LogP contribution < -0.4 is 0 Å². The first-order valence-electron chi connectivity index (χ1n) is 5.23. The quantitative estimate of drug-likeness (QED) is 0.736. The van der Waals surface area contributed by atoms with Crippen LogP contribution in [-0.2, 0) is 6.42 Å². The number of hydrogen-bond acceptors (Lipinski definition) is 1. The minimum absolute atomic E-state index is 0.606. The molecule has 0 saturated carbocycles. The molecule has 72 valence electrons. The third-order valence-electron chi connectivity index (χ3n) is 3.03. The fourth-order valence-electron chi connectivity index (χ4n) is 2.26. The highest BCUT2D eigenvalue weighted by Gasteiger charge is 2.23. The molecule has 1 aliphatic heterocycles. The first-order chi connectivity index (χ1) is 6.33. The Balaban J connectivity index is 2.17. The van der Waals surface area contributed by atoms with E-state index in [1.165, 1.54) is 37.2 Å². The van der Waals surface area contributed by atoms with Gasteiger partial charge in [-0.25, -0.2) is 0 Å². The third kappa shape index (κ3) is 1.51. The summed E-state index contributed by atoms with van der Waals surface area (Å²) in [5, 5.41) is 0. The first kappa shape index (κ1) is 8.82. The molecule has 0 saturated heterocycles. The van der Waals surface area contributed by atoms with Crippen LogP contribution in [0.2, 0.25) is 0 Å². The molecule has 0 spiro atoms. The summed E-state index contributed by atoms with van der Waals surface area (Å²) in [4.78, 5) is 5.89. The minimum atomic E-state index is 0.606. The molecule has 1 N–H and O–H groups in total. The maximum Gasteiger partial charge on any atom is 0.0337 e. The van der Waals surface area contributed by atoms with Gasteiger partial charge in [0, 0.05) is 30.9 Å². The van der Waals surface area contributed by atoms with Gasteiger partial charge < -0.3 is 4.98 Å². The number of nitrogens with zero attached hydrogens (tertiary/aromatic N) is 1. The maximum atomic E-state index is 3.32. The zero-order valence-electron chi connectivity index (χ0n) is 8.51. The van der Waals surface area contributed by atoms with E-state index in [2.05, 4.69) is 36.0 Å². The Morgan fingerprint density at radius 3 is 3.23 bits per heavy atom. The van der Waals surface area contributed by atoms with Gasteiger partial charge in [-0.05, 0) is 31.5 Å². The van der Waals surface area contributed by atoms with E-state index in [0.29, 0.717) is 6.04 Å². The van der Waals surface area contributed by atoms with Crippen LogP contribution in [0.3, 0.4) is 0 Å². The molecule has 2 rings (SSSR count). The number of hydrogen-bond donors (Lipinski definition) is 1. The molecule has 0 aliphatic carbocycles. The van der Waals surface area contributed by atoms with Crippen molar-refractivity contribution < 1.29 is 0 Å². The van der Waals surface area contributed by atoms with Gasteiger partial charge in [0.2, 0.25) is 0 Å². The molecule has 0 radical (unpaired) electrons. The molecule has 0 bridgehead atoms. The van der Waals surface area contributed by atoms with Crippen LogP contribution >= 0.6 is 0 Å². The van der Waals surface area contributed by atoms with Crippen molar-refractivity contribution in [2.24, 2.45) is 0 Å². The Hall–Kier alpha value is -0.760. The molecule has 0 amide bonds. The van der Waals surface area contributed by atoms with Crippen molar-refractivity contribution in [1.29, 1.82) is 0 Å². The molecule has 0 fully saturated rings. The largest absolute Gasteiger partial charge is 0.365 e. The van der Waals surface area contributed by atoms with Crippen LogP contribution in [0, 0.1) is 0 Å². The Morgan fingerprint density at radius 2 is 2.46 bits per heavy atom. The molecule has 1 atom stereocenters. The van der Waals surface area contributed by atoms with E-state index >= 15 is 0 Å². The van der Waals surface area contributed by atoms with E-state index in [4.69, 9.17) is 0 Å². The highest BCUT2D eigenvalue weighted by molar-refractivity contribution is 5.26. The lowest BCUT2D eigenvalue weighted by Gasteiger charge is -2.33. The van der Waals surface area contributed by atoms with Gasteiger partial charge in [0.05, 0.1) is 0 Å². The van der Waals surface area contributed by atoms with Crippen LogP contribution in [-0.4, -0.2) is 23.0 Å². The van der Waals surface area contributed by atoms with Crippen LogP contribution in [0.5, 0.6) is 0 Å². The molecule has 2 nitrogen and oxygen atoms in total. The second-order valence-corrected chi connectivity index (χ2v) is 3.87. The normalized spacial score (nSPS) is 23.1. The number of fused-ring (bicyclic) bond motifs is 1. The van der Waals surface area contributed by atoms with E-state index < -0.39 is 0 Å². The fourth-order valence-corrected chi connectivity index (χ4v) is 2.26. The van der Waals surface area contributed by atoms with E-state index in [-0.39, 0.29) is 0 Å². The number of aromatic amines is 1. The van der Waals surface area contributed by atoms with Crippen molar-refractivity contribution in [1.82, 2.24) is 9.88 Å². The molecule has 2 heterocycles. The number of aromatic nitrogens is 1. The molecule has 2 heteroatoms. The van der Waals surface area contributed by atoms with E-state index in [9.17, 15) is 0 Å². The van der Waals surface area contributed by atoms with Crippen molar-refractivity contribution >= 4 is 0 Å². The molecule has 13 heavy (non-hydrogen) atoms. The second kappa shape index (κ2) is 3.54. The van der Waals surface area contributed by atoms with Crippen molar-refractivity contribution in [2.75, 3.05) is 13.1 Å². The zero-order chi connectivity index (χ0) is 9.26. The Kier molecular flexibility index (Phi) is 2.40. The van der Waals surface area contributed by atoms with Gasteiger partial charge in [0.25, 0.3) is 0 Å². The highest BCUT2D eigenvalue weighted by atomic mass is 15.2. The standard InChI is InChI=1S/C11H18N2/c1-3-7-13-8-5-11-10(9(13)2)4-6-12-11/h4,6,9,12H,3,5,7-8H2,1-2H3/t9-/m0/s1. The van der Waals surface area contributed by atoms with Crippen LogP contribution in [0.1, 0.15) is 37.6 Å². The Morgan fingerprint density at radius 1 is 1.62 bits per heavy atom. The summed E-state index contributed by atoms with van der Waals surface area (Å²) in [5.74, 6) is 0.